The number of benzene rings is 1. The molecule has 4 heteroatoms. The van der Waals surface area contributed by atoms with E-state index < -0.39 is 0 Å². The van der Waals surface area contributed by atoms with Gasteiger partial charge in [-0.1, -0.05) is 50.2 Å². The molecule has 0 saturated heterocycles. The van der Waals surface area contributed by atoms with Gasteiger partial charge in [0.25, 0.3) is 0 Å². The number of hydrogen-bond donors (Lipinski definition) is 1. The lowest BCUT2D eigenvalue weighted by atomic mass is 10.0. The highest BCUT2D eigenvalue weighted by Gasteiger charge is 2.08. The first-order chi connectivity index (χ1) is 9.20. The van der Waals surface area contributed by atoms with E-state index in [9.17, 15) is 0 Å². The van der Waals surface area contributed by atoms with Gasteiger partial charge in [-0.2, -0.15) is 4.98 Å². The van der Waals surface area contributed by atoms with Crippen molar-refractivity contribution in [2.24, 2.45) is 0 Å². The minimum absolute atomic E-state index is 0.537. The topological polar surface area (TPSA) is 51.0 Å². The summed E-state index contributed by atoms with van der Waals surface area (Å²) in [6.07, 6.45) is 0.769. The molecule has 1 heterocycles. The highest BCUT2D eigenvalue weighted by molar-refractivity contribution is 5.54. The van der Waals surface area contributed by atoms with Gasteiger partial charge in [-0.3, -0.25) is 0 Å². The fourth-order valence-corrected chi connectivity index (χ4v) is 1.86. The van der Waals surface area contributed by atoms with E-state index >= 15 is 0 Å². The second-order valence-electron chi connectivity index (χ2n) is 4.89. The van der Waals surface area contributed by atoms with Crippen LogP contribution in [0.15, 0.2) is 28.8 Å². The second kappa shape index (κ2) is 6.48. The molecule has 0 amide bonds. The first kappa shape index (κ1) is 13.7. The molecule has 1 aromatic heterocycles. The third kappa shape index (κ3) is 3.64. The smallest absolute Gasteiger partial charge is 0.228 e. The van der Waals surface area contributed by atoms with Crippen LogP contribution in [0.3, 0.4) is 0 Å². The van der Waals surface area contributed by atoms with Crippen molar-refractivity contribution in [3.05, 3.63) is 35.7 Å². The average molecular weight is 259 g/mol. The SMILES string of the molecule is CCNCCc1nc(-c2ccc(C(C)C)cc2)no1. The van der Waals surface area contributed by atoms with Crippen LogP contribution in [0.2, 0.25) is 0 Å². The summed E-state index contributed by atoms with van der Waals surface area (Å²) in [5, 5.41) is 7.26. The van der Waals surface area contributed by atoms with E-state index in [2.05, 4.69) is 48.4 Å². The van der Waals surface area contributed by atoms with E-state index in [1.165, 1.54) is 5.56 Å². The predicted molar refractivity (Wildman–Crippen MR) is 76.1 cm³/mol. The van der Waals surface area contributed by atoms with Gasteiger partial charge in [0.15, 0.2) is 0 Å². The normalized spacial score (nSPS) is 11.2. The van der Waals surface area contributed by atoms with Gasteiger partial charge in [-0.15, -0.1) is 0 Å². The molecule has 0 aliphatic rings. The zero-order valence-electron chi connectivity index (χ0n) is 11.8. The van der Waals surface area contributed by atoms with Gasteiger partial charge >= 0.3 is 0 Å². The maximum absolute atomic E-state index is 5.24. The number of nitrogens with zero attached hydrogens (tertiary/aromatic N) is 2. The zero-order chi connectivity index (χ0) is 13.7. The Labute approximate surface area is 114 Å². The lowest BCUT2D eigenvalue weighted by Gasteiger charge is -2.04. The summed E-state index contributed by atoms with van der Waals surface area (Å²) >= 11 is 0. The van der Waals surface area contributed by atoms with Crippen molar-refractivity contribution in [1.29, 1.82) is 0 Å². The van der Waals surface area contributed by atoms with Gasteiger partial charge in [0.05, 0.1) is 0 Å². The minimum atomic E-state index is 0.537. The quantitative estimate of drug-likeness (QED) is 0.810. The van der Waals surface area contributed by atoms with Crippen molar-refractivity contribution in [2.75, 3.05) is 13.1 Å². The molecule has 0 aliphatic carbocycles. The van der Waals surface area contributed by atoms with Crippen LogP contribution in [-0.4, -0.2) is 23.2 Å². The Kier molecular flexibility index (Phi) is 4.68. The number of hydrogen-bond acceptors (Lipinski definition) is 4. The molecule has 1 N–H and O–H groups in total. The standard InChI is InChI=1S/C15H21N3O/c1-4-16-10-9-14-17-15(18-19-14)13-7-5-12(6-8-13)11(2)3/h5-8,11,16H,4,9-10H2,1-3H3. The van der Waals surface area contributed by atoms with E-state index in [-0.39, 0.29) is 0 Å². The molecule has 102 valence electrons. The Morgan fingerprint density at radius 2 is 1.95 bits per heavy atom. The van der Waals surface area contributed by atoms with Gasteiger partial charge in [-0.25, -0.2) is 0 Å². The maximum atomic E-state index is 5.24. The van der Waals surface area contributed by atoms with Crippen LogP contribution in [0.25, 0.3) is 11.4 Å². The van der Waals surface area contributed by atoms with Crippen molar-refractivity contribution in [3.8, 4) is 11.4 Å². The maximum Gasteiger partial charge on any atom is 0.228 e. The summed E-state index contributed by atoms with van der Waals surface area (Å²) in [6.45, 7) is 8.27. The largest absolute Gasteiger partial charge is 0.339 e. The first-order valence-corrected chi connectivity index (χ1v) is 6.84. The van der Waals surface area contributed by atoms with Crippen molar-refractivity contribution < 1.29 is 4.52 Å². The molecule has 0 saturated carbocycles. The second-order valence-corrected chi connectivity index (χ2v) is 4.89. The van der Waals surface area contributed by atoms with E-state index in [1.54, 1.807) is 0 Å². The predicted octanol–water partition coefficient (Wildman–Crippen LogP) is 3.01. The van der Waals surface area contributed by atoms with Crippen LogP contribution < -0.4 is 5.32 Å². The molecule has 0 fully saturated rings. The average Bonchev–Trinajstić information content (AvgIpc) is 2.88. The van der Waals surface area contributed by atoms with Crippen molar-refractivity contribution in [1.82, 2.24) is 15.5 Å². The summed E-state index contributed by atoms with van der Waals surface area (Å²) in [5.74, 6) is 1.89. The van der Waals surface area contributed by atoms with Crippen molar-refractivity contribution >= 4 is 0 Å². The molecule has 0 atom stereocenters. The lowest BCUT2D eigenvalue weighted by molar-refractivity contribution is 0.377. The molecular weight excluding hydrogens is 238 g/mol. The fraction of sp³-hybridized carbons (Fsp3) is 0.467. The molecule has 0 aliphatic heterocycles. The summed E-state index contributed by atoms with van der Waals surface area (Å²) in [7, 11) is 0. The Morgan fingerprint density at radius 3 is 2.58 bits per heavy atom. The number of likely N-dealkylation sites (N-methyl/N-ethyl adjacent to an activating group) is 1. The van der Waals surface area contributed by atoms with E-state index in [0.29, 0.717) is 17.6 Å². The van der Waals surface area contributed by atoms with Gasteiger partial charge in [0.1, 0.15) is 0 Å². The molecule has 2 aromatic rings. The fourth-order valence-electron chi connectivity index (χ4n) is 1.86. The molecule has 4 nitrogen and oxygen atoms in total. The Balaban J connectivity index is 2.05. The van der Waals surface area contributed by atoms with Crippen LogP contribution in [0.5, 0.6) is 0 Å². The summed E-state index contributed by atoms with van der Waals surface area (Å²) in [5.41, 5.74) is 2.32. The Bertz CT molecular complexity index is 502. The number of nitrogens with one attached hydrogen (secondary N) is 1. The van der Waals surface area contributed by atoms with Crippen LogP contribution in [-0.2, 0) is 6.42 Å². The molecule has 0 bridgehead atoms. The summed E-state index contributed by atoms with van der Waals surface area (Å²) in [6, 6.07) is 8.34. The monoisotopic (exact) mass is 259 g/mol. The lowest BCUT2D eigenvalue weighted by Crippen LogP contribution is -2.16. The molecule has 19 heavy (non-hydrogen) atoms. The van der Waals surface area contributed by atoms with Gasteiger partial charge in [-0.05, 0) is 18.0 Å². The molecule has 2 rings (SSSR count). The van der Waals surface area contributed by atoms with Crippen molar-refractivity contribution in [3.63, 3.8) is 0 Å². The van der Waals surface area contributed by atoms with Crippen LogP contribution in [0.4, 0.5) is 0 Å². The molecule has 0 unspecified atom stereocenters. The Morgan fingerprint density at radius 1 is 1.21 bits per heavy atom. The van der Waals surface area contributed by atoms with Gasteiger partial charge in [0.2, 0.25) is 11.7 Å². The molecule has 0 spiro atoms. The van der Waals surface area contributed by atoms with E-state index in [0.717, 1.165) is 25.1 Å². The molecule has 1 aromatic carbocycles. The molecular formula is C15H21N3O. The third-order valence-electron chi connectivity index (χ3n) is 3.07. The summed E-state index contributed by atoms with van der Waals surface area (Å²) in [4.78, 5) is 4.41. The highest BCUT2D eigenvalue weighted by atomic mass is 16.5. The van der Waals surface area contributed by atoms with Crippen molar-refractivity contribution in [2.45, 2.75) is 33.1 Å². The third-order valence-corrected chi connectivity index (χ3v) is 3.07. The van der Waals surface area contributed by atoms with Gasteiger partial charge < -0.3 is 9.84 Å². The van der Waals surface area contributed by atoms with Crippen LogP contribution >= 0.6 is 0 Å². The van der Waals surface area contributed by atoms with Crippen LogP contribution in [0.1, 0.15) is 38.1 Å². The van der Waals surface area contributed by atoms with Crippen LogP contribution in [0, 0.1) is 0 Å². The zero-order valence-corrected chi connectivity index (χ0v) is 11.8. The van der Waals surface area contributed by atoms with Gasteiger partial charge in [0, 0.05) is 18.5 Å². The highest BCUT2D eigenvalue weighted by Crippen LogP contribution is 2.20. The minimum Gasteiger partial charge on any atom is -0.339 e. The molecule has 0 radical (unpaired) electrons. The Hall–Kier alpha value is -1.68. The number of rotatable bonds is 6. The van der Waals surface area contributed by atoms with E-state index in [4.69, 9.17) is 4.52 Å². The van der Waals surface area contributed by atoms with E-state index in [1.807, 2.05) is 12.1 Å². The first-order valence-electron chi connectivity index (χ1n) is 6.84. The summed E-state index contributed by atoms with van der Waals surface area (Å²) < 4.78 is 5.24. The number of aromatic nitrogens is 2.